The minimum atomic E-state index is -0.211. The van der Waals surface area contributed by atoms with Gasteiger partial charge < -0.3 is 5.32 Å². The number of benzene rings is 2. The van der Waals surface area contributed by atoms with E-state index in [4.69, 9.17) is 4.98 Å². The molecule has 0 fully saturated rings. The largest absolute Gasteiger partial charge is 0.321 e. The van der Waals surface area contributed by atoms with Gasteiger partial charge in [-0.25, -0.2) is 9.97 Å². The first-order valence-corrected chi connectivity index (χ1v) is 10.4. The summed E-state index contributed by atoms with van der Waals surface area (Å²) in [6, 6.07) is 14.0. The fourth-order valence-corrected chi connectivity index (χ4v) is 4.95. The lowest BCUT2D eigenvalue weighted by atomic mass is 10.2. The summed E-state index contributed by atoms with van der Waals surface area (Å²) in [5.74, 6) is -0.211. The molecule has 3 aromatic heterocycles. The van der Waals surface area contributed by atoms with Gasteiger partial charge in [0.15, 0.2) is 4.96 Å². The van der Waals surface area contributed by atoms with Crippen LogP contribution in [0.15, 0.2) is 54.9 Å². The predicted octanol–water partition coefficient (Wildman–Crippen LogP) is 5.54. The van der Waals surface area contributed by atoms with Gasteiger partial charge in [0, 0.05) is 28.5 Å². The van der Waals surface area contributed by atoms with Crippen molar-refractivity contribution in [1.29, 1.82) is 0 Å². The van der Waals surface area contributed by atoms with Crippen LogP contribution in [0.1, 0.15) is 20.9 Å². The number of thiazole rings is 2. The fourth-order valence-electron chi connectivity index (χ4n) is 3.07. The number of carbonyl (C=O) groups excluding carboxylic acids is 1. The third kappa shape index (κ3) is 3.08. The Morgan fingerprint density at radius 2 is 1.82 bits per heavy atom. The lowest BCUT2D eigenvalue weighted by Crippen LogP contribution is -2.12. The molecule has 0 spiro atoms. The maximum Gasteiger partial charge on any atom is 0.275 e. The van der Waals surface area contributed by atoms with Crippen LogP contribution in [0, 0.1) is 13.8 Å². The molecule has 5 nitrogen and oxygen atoms in total. The number of anilines is 1. The zero-order valence-electron chi connectivity index (χ0n) is 15.3. The lowest BCUT2D eigenvalue weighted by molar-refractivity contribution is 0.102. The Morgan fingerprint density at radius 1 is 1.00 bits per heavy atom. The first kappa shape index (κ1) is 17.1. The summed E-state index contributed by atoms with van der Waals surface area (Å²) >= 11 is 3.24. The molecule has 0 aliphatic heterocycles. The van der Waals surface area contributed by atoms with Gasteiger partial charge in [-0.15, -0.1) is 22.7 Å². The number of rotatable bonds is 3. The molecule has 7 heteroatoms. The summed E-state index contributed by atoms with van der Waals surface area (Å²) < 4.78 is 3.06. The number of aromatic nitrogens is 3. The number of hydrogen-bond donors (Lipinski definition) is 1. The number of imidazole rings is 1. The van der Waals surface area contributed by atoms with Crippen molar-refractivity contribution in [3.8, 4) is 10.6 Å². The number of nitrogens with zero attached hydrogens (tertiary/aromatic N) is 3. The molecule has 5 rings (SSSR count). The van der Waals surface area contributed by atoms with Crippen LogP contribution in [-0.2, 0) is 0 Å². The second-order valence-corrected chi connectivity index (χ2v) is 8.92. The molecule has 3 heterocycles. The van der Waals surface area contributed by atoms with E-state index in [0.29, 0.717) is 5.69 Å². The summed E-state index contributed by atoms with van der Waals surface area (Å²) in [5, 5.41) is 3.88. The molecule has 0 bridgehead atoms. The normalized spacial score (nSPS) is 11.4. The van der Waals surface area contributed by atoms with Crippen molar-refractivity contribution in [1.82, 2.24) is 14.4 Å². The molecule has 0 unspecified atom stereocenters. The summed E-state index contributed by atoms with van der Waals surface area (Å²) in [4.78, 5) is 23.6. The van der Waals surface area contributed by atoms with E-state index in [1.165, 1.54) is 10.3 Å². The molecule has 1 amide bonds. The Hall–Kier alpha value is -3.03. The van der Waals surface area contributed by atoms with Gasteiger partial charge in [0.2, 0.25) is 0 Å². The minimum absolute atomic E-state index is 0.211. The molecule has 2 aromatic carbocycles. The van der Waals surface area contributed by atoms with Crippen molar-refractivity contribution in [3.63, 3.8) is 0 Å². The van der Waals surface area contributed by atoms with E-state index >= 15 is 0 Å². The van der Waals surface area contributed by atoms with Gasteiger partial charge in [-0.1, -0.05) is 6.07 Å². The monoisotopic (exact) mass is 404 g/mol. The highest BCUT2D eigenvalue weighted by Gasteiger charge is 2.13. The van der Waals surface area contributed by atoms with E-state index in [1.54, 1.807) is 28.9 Å². The standard InChI is InChI=1S/C21H16N4OS2/c1-12-3-8-16-18(9-12)28-20(23-16)14-4-6-15(7-5-14)22-19(26)17-11-25-10-13(2)27-21(25)24-17/h3-11H,1-2H3,(H,22,26). The summed E-state index contributed by atoms with van der Waals surface area (Å²) in [7, 11) is 0. The zero-order chi connectivity index (χ0) is 19.3. The third-order valence-electron chi connectivity index (χ3n) is 4.44. The minimum Gasteiger partial charge on any atom is -0.321 e. The number of hydrogen-bond acceptors (Lipinski definition) is 5. The van der Waals surface area contributed by atoms with Crippen molar-refractivity contribution in [2.24, 2.45) is 0 Å². The number of amides is 1. The van der Waals surface area contributed by atoms with Crippen LogP contribution in [0.5, 0.6) is 0 Å². The smallest absolute Gasteiger partial charge is 0.275 e. The highest BCUT2D eigenvalue weighted by atomic mass is 32.1. The van der Waals surface area contributed by atoms with E-state index in [-0.39, 0.29) is 5.91 Å². The third-order valence-corrected chi connectivity index (χ3v) is 6.42. The van der Waals surface area contributed by atoms with Crippen LogP contribution in [0.3, 0.4) is 0 Å². The molecule has 28 heavy (non-hydrogen) atoms. The van der Waals surface area contributed by atoms with Gasteiger partial charge in [-0.3, -0.25) is 9.20 Å². The topological polar surface area (TPSA) is 59.3 Å². The molecule has 138 valence electrons. The van der Waals surface area contributed by atoms with Crippen LogP contribution < -0.4 is 5.32 Å². The fraction of sp³-hybridized carbons (Fsp3) is 0.0952. The molecular formula is C21H16N4OS2. The summed E-state index contributed by atoms with van der Waals surface area (Å²) in [5.41, 5.74) is 4.43. The number of fused-ring (bicyclic) bond motifs is 2. The van der Waals surface area contributed by atoms with Crippen molar-refractivity contribution in [2.75, 3.05) is 5.32 Å². The molecule has 0 aliphatic carbocycles. The van der Waals surface area contributed by atoms with Crippen LogP contribution in [0.2, 0.25) is 0 Å². The van der Waals surface area contributed by atoms with Gasteiger partial charge in [-0.2, -0.15) is 0 Å². The molecule has 0 saturated heterocycles. The summed E-state index contributed by atoms with van der Waals surface area (Å²) in [6.07, 6.45) is 3.73. The van der Waals surface area contributed by atoms with E-state index in [1.807, 2.05) is 41.8 Å². The van der Waals surface area contributed by atoms with Crippen molar-refractivity contribution < 1.29 is 4.79 Å². The van der Waals surface area contributed by atoms with Gasteiger partial charge in [0.25, 0.3) is 5.91 Å². The van der Waals surface area contributed by atoms with Crippen molar-refractivity contribution in [2.45, 2.75) is 13.8 Å². The van der Waals surface area contributed by atoms with Gasteiger partial charge in [0.1, 0.15) is 10.7 Å². The van der Waals surface area contributed by atoms with Gasteiger partial charge in [-0.05, 0) is 55.8 Å². The highest BCUT2D eigenvalue weighted by Crippen LogP contribution is 2.31. The van der Waals surface area contributed by atoms with Crippen LogP contribution in [0.25, 0.3) is 25.7 Å². The molecule has 1 N–H and O–H groups in total. The van der Waals surface area contributed by atoms with Crippen LogP contribution in [0.4, 0.5) is 5.69 Å². The number of nitrogens with one attached hydrogen (secondary N) is 1. The van der Waals surface area contributed by atoms with E-state index in [0.717, 1.165) is 31.6 Å². The maximum absolute atomic E-state index is 12.5. The first-order chi connectivity index (χ1) is 13.5. The SMILES string of the molecule is Cc1ccc2nc(-c3ccc(NC(=O)c4cn5cc(C)sc5n4)cc3)sc2c1. The molecule has 0 saturated carbocycles. The van der Waals surface area contributed by atoms with Gasteiger partial charge >= 0.3 is 0 Å². The highest BCUT2D eigenvalue weighted by molar-refractivity contribution is 7.21. The second-order valence-electron chi connectivity index (χ2n) is 6.68. The molecule has 0 aliphatic rings. The average molecular weight is 405 g/mol. The Kier molecular flexibility index (Phi) is 3.99. The quantitative estimate of drug-likeness (QED) is 0.429. The summed E-state index contributed by atoms with van der Waals surface area (Å²) in [6.45, 7) is 4.11. The Bertz CT molecular complexity index is 1300. The molecule has 0 radical (unpaired) electrons. The Balaban J connectivity index is 1.36. The Labute approximate surface area is 169 Å². The van der Waals surface area contributed by atoms with E-state index in [2.05, 4.69) is 35.4 Å². The van der Waals surface area contributed by atoms with Crippen molar-refractivity contribution >= 4 is 49.4 Å². The van der Waals surface area contributed by atoms with Crippen LogP contribution in [-0.4, -0.2) is 20.3 Å². The van der Waals surface area contributed by atoms with E-state index < -0.39 is 0 Å². The Morgan fingerprint density at radius 3 is 2.61 bits per heavy atom. The van der Waals surface area contributed by atoms with Gasteiger partial charge in [0.05, 0.1) is 10.2 Å². The lowest BCUT2D eigenvalue weighted by Gasteiger charge is -2.04. The molecule has 5 aromatic rings. The predicted molar refractivity (Wildman–Crippen MR) is 116 cm³/mol. The average Bonchev–Trinajstić information content (AvgIpc) is 3.34. The number of aryl methyl sites for hydroxylation is 2. The zero-order valence-corrected chi connectivity index (χ0v) is 16.9. The number of carbonyl (C=O) groups is 1. The maximum atomic E-state index is 12.5. The van der Waals surface area contributed by atoms with Crippen LogP contribution >= 0.6 is 22.7 Å². The van der Waals surface area contributed by atoms with E-state index in [9.17, 15) is 4.79 Å². The first-order valence-electron chi connectivity index (χ1n) is 8.79. The molecule has 0 atom stereocenters. The van der Waals surface area contributed by atoms with Crippen molar-refractivity contribution in [3.05, 3.63) is 71.0 Å². The second kappa shape index (κ2) is 6.54. The molecular weight excluding hydrogens is 388 g/mol.